The van der Waals surface area contributed by atoms with Gasteiger partial charge in [0, 0.05) is 17.2 Å². The van der Waals surface area contributed by atoms with E-state index >= 15 is 0 Å². The van der Waals surface area contributed by atoms with Crippen molar-refractivity contribution < 1.29 is 9.84 Å². The molecule has 19 heavy (non-hydrogen) atoms. The summed E-state index contributed by atoms with van der Waals surface area (Å²) in [6.45, 7) is 7.35. The lowest BCUT2D eigenvalue weighted by Gasteiger charge is -2.28. The Morgan fingerprint density at radius 1 is 1.26 bits per heavy atom. The van der Waals surface area contributed by atoms with Gasteiger partial charge in [0.1, 0.15) is 11.5 Å². The standard InChI is InChI=1S/C16H25NO2/c1-16(2,3)13-10-11(19-4)9-12(15(13)18)14-7-5-6-8-17-14/h9-10,14,17-18H,5-8H2,1-4H3. The highest BCUT2D eigenvalue weighted by atomic mass is 16.5. The minimum atomic E-state index is -0.0952. The van der Waals surface area contributed by atoms with Crippen molar-refractivity contribution in [3.8, 4) is 11.5 Å². The monoisotopic (exact) mass is 263 g/mol. The second-order valence-electron chi connectivity index (χ2n) is 6.37. The highest BCUT2D eigenvalue weighted by molar-refractivity contribution is 5.50. The summed E-state index contributed by atoms with van der Waals surface area (Å²) in [6, 6.07) is 4.15. The molecule has 0 bridgehead atoms. The molecule has 1 fully saturated rings. The van der Waals surface area contributed by atoms with Gasteiger partial charge in [0.05, 0.1) is 7.11 Å². The van der Waals surface area contributed by atoms with Crippen molar-refractivity contribution in [1.82, 2.24) is 5.32 Å². The first-order valence-electron chi connectivity index (χ1n) is 7.08. The average Bonchev–Trinajstić information content (AvgIpc) is 2.38. The van der Waals surface area contributed by atoms with Gasteiger partial charge in [-0.15, -0.1) is 0 Å². The van der Waals surface area contributed by atoms with E-state index in [-0.39, 0.29) is 11.5 Å². The summed E-state index contributed by atoms with van der Waals surface area (Å²) >= 11 is 0. The number of piperidine rings is 1. The van der Waals surface area contributed by atoms with E-state index in [9.17, 15) is 5.11 Å². The summed E-state index contributed by atoms with van der Waals surface area (Å²) in [5.41, 5.74) is 1.83. The van der Waals surface area contributed by atoms with Crippen LogP contribution in [0.2, 0.25) is 0 Å². The number of nitrogens with one attached hydrogen (secondary N) is 1. The van der Waals surface area contributed by atoms with Gasteiger partial charge >= 0.3 is 0 Å². The van der Waals surface area contributed by atoms with Crippen LogP contribution in [0.3, 0.4) is 0 Å². The average molecular weight is 263 g/mol. The number of phenols is 1. The lowest BCUT2D eigenvalue weighted by Crippen LogP contribution is -2.27. The molecule has 1 saturated heterocycles. The van der Waals surface area contributed by atoms with Crippen LogP contribution < -0.4 is 10.1 Å². The van der Waals surface area contributed by atoms with E-state index in [4.69, 9.17) is 4.74 Å². The summed E-state index contributed by atoms with van der Waals surface area (Å²) in [6.07, 6.45) is 3.50. The zero-order valence-electron chi connectivity index (χ0n) is 12.4. The molecule has 106 valence electrons. The molecule has 0 saturated carbocycles. The van der Waals surface area contributed by atoms with Gasteiger partial charge in [0.15, 0.2) is 0 Å². The minimum Gasteiger partial charge on any atom is -0.507 e. The van der Waals surface area contributed by atoms with E-state index in [1.54, 1.807) is 7.11 Å². The molecule has 1 aromatic rings. The van der Waals surface area contributed by atoms with Gasteiger partial charge in [-0.05, 0) is 36.9 Å². The molecule has 0 spiro atoms. The van der Waals surface area contributed by atoms with Crippen molar-refractivity contribution in [2.24, 2.45) is 0 Å². The van der Waals surface area contributed by atoms with Crippen molar-refractivity contribution in [2.75, 3.05) is 13.7 Å². The molecular weight excluding hydrogens is 238 g/mol. The fraction of sp³-hybridized carbons (Fsp3) is 0.625. The Morgan fingerprint density at radius 2 is 2.00 bits per heavy atom. The van der Waals surface area contributed by atoms with Crippen molar-refractivity contribution in [1.29, 1.82) is 0 Å². The van der Waals surface area contributed by atoms with E-state index < -0.39 is 0 Å². The Kier molecular flexibility index (Phi) is 4.04. The molecule has 0 radical (unpaired) electrons. The van der Waals surface area contributed by atoms with Crippen LogP contribution in [-0.2, 0) is 5.41 Å². The lowest BCUT2D eigenvalue weighted by atomic mass is 9.83. The zero-order chi connectivity index (χ0) is 14.0. The molecule has 3 heteroatoms. The quantitative estimate of drug-likeness (QED) is 0.858. The molecule has 0 amide bonds. The minimum absolute atomic E-state index is 0.0952. The van der Waals surface area contributed by atoms with Crippen molar-refractivity contribution in [3.05, 3.63) is 23.3 Å². The van der Waals surface area contributed by atoms with E-state index in [1.165, 1.54) is 12.8 Å². The Hall–Kier alpha value is -1.22. The smallest absolute Gasteiger partial charge is 0.124 e. The lowest BCUT2D eigenvalue weighted by molar-refractivity contribution is 0.374. The first kappa shape index (κ1) is 14.2. The molecule has 0 aromatic heterocycles. The molecular formula is C16H25NO2. The zero-order valence-corrected chi connectivity index (χ0v) is 12.4. The maximum atomic E-state index is 10.6. The van der Waals surface area contributed by atoms with Gasteiger partial charge in [-0.2, -0.15) is 0 Å². The number of benzene rings is 1. The number of ether oxygens (including phenoxy) is 1. The number of rotatable bonds is 2. The van der Waals surface area contributed by atoms with Gasteiger partial charge in [0.25, 0.3) is 0 Å². The van der Waals surface area contributed by atoms with Crippen LogP contribution >= 0.6 is 0 Å². The van der Waals surface area contributed by atoms with Gasteiger partial charge in [-0.1, -0.05) is 27.2 Å². The topological polar surface area (TPSA) is 41.5 Å². The van der Waals surface area contributed by atoms with Crippen molar-refractivity contribution in [2.45, 2.75) is 51.5 Å². The number of aromatic hydroxyl groups is 1. The second kappa shape index (κ2) is 5.41. The summed E-state index contributed by atoms with van der Waals surface area (Å²) in [7, 11) is 1.68. The predicted octanol–water partition coefficient (Wildman–Crippen LogP) is 3.51. The third kappa shape index (κ3) is 3.03. The maximum Gasteiger partial charge on any atom is 0.124 e. The number of phenolic OH excluding ortho intramolecular Hbond substituents is 1. The second-order valence-corrected chi connectivity index (χ2v) is 6.37. The number of methoxy groups -OCH3 is 1. The largest absolute Gasteiger partial charge is 0.507 e. The number of hydrogen-bond acceptors (Lipinski definition) is 3. The van der Waals surface area contributed by atoms with E-state index in [1.807, 2.05) is 12.1 Å². The molecule has 2 rings (SSSR count). The van der Waals surface area contributed by atoms with E-state index in [0.29, 0.717) is 5.75 Å². The summed E-state index contributed by atoms with van der Waals surface area (Å²) in [4.78, 5) is 0. The van der Waals surface area contributed by atoms with Crippen LogP contribution in [0, 0.1) is 0 Å². The summed E-state index contributed by atoms with van der Waals surface area (Å²) < 4.78 is 5.40. The van der Waals surface area contributed by atoms with E-state index in [2.05, 4.69) is 26.1 Å². The van der Waals surface area contributed by atoms with Crippen LogP contribution in [-0.4, -0.2) is 18.8 Å². The molecule has 1 atom stereocenters. The molecule has 1 aliphatic rings. The SMILES string of the molecule is COc1cc(C2CCCCN2)c(O)c(C(C)(C)C)c1. The normalized spacial score (nSPS) is 20.3. The molecule has 1 aliphatic heterocycles. The van der Waals surface area contributed by atoms with Gasteiger partial charge in [0.2, 0.25) is 0 Å². The maximum absolute atomic E-state index is 10.6. The van der Waals surface area contributed by atoms with E-state index in [0.717, 1.165) is 29.8 Å². The molecule has 1 aromatic carbocycles. The molecule has 0 aliphatic carbocycles. The van der Waals surface area contributed by atoms with Crippen molar-refractivity contribution in [3.63, 3.8) is 0 Å². The van der Waals surface area contributed by atoms with Crippen LogP contribution in [0.15, 0.2) is 12.1 Å². The van der Waals surface area contributed by atoms with Gasteiger partial charge in [-0.25, -0.2) is 0 Å². The Balaban J connectivity index is 2.47. The van der Waals surface area contributed by atoms with Crippen LogP contribution in [0.1, 0.15) is 57.2 Å². The first-order valence-corrected chi connectivity index (χ1v) is 7.08. The number of hydrogen-bond donors (Lipinski definition) is 2. The summed E-state index contributed by atoms with van der Waals surface area (Å²) in [5.74, 6) is 1.25. The van der Waals surface area contributed by atoms with Gasteiger partial charge < -0.3 is 15.2 Å². The Bertz CT molecular complexity index is 443. The predicted molar refractivity (Wildman–Crippen MR) is 78.0 cm³/mol. The third-order valence-corrected chi connectivity index (χ3v) is 3.84. The Morgan fingerprint density at radius 3 is 2.53 bits per heavy atom. The van der Waals surface area contributed by atoms with Crippen LogP contribution in [0.4, 0.5) is 0 Å². The fourth-order valence-electron chi connectivity index (χ4n) is 2.70. The van der Waals surface area contributed by atoms with Crippen LogP contribution in [0.25, 0.3) is 0 Å². The van der Waals surface area contributed by atoms with Gasteiger partial charge in [-0.3, -0.25) is 0 Å². The third-order valence-electron chi connectivity index (χ3n) is 3.84. The molecule has 1 heterocycles. The first-order chi connectivity index (χ1) is 8.93. The van der Waals surface area contributed by atoms with Crippen LogP contribution in [0.5, 0.6) is 11.5 Å². The molecule has 1 unspecified atom stereocenters. The fourth-order valence-corrected chi connectivity index (χ4v) is 2.70. The van der Waals surface area contributed by atoms with Crippen molar-refractivity contribution >= 4 is 0 Å². The summed E-state index contributed by atoms with van der Waals surface area (Å²) in [5, 5.41) is 14.1. The highest BCUT2D eigenvalue weighted by Gasteiger charge is 2.25. The highest BCUT2D eigenvalue weighted by Crippen LogP contribution is 2.40. The Labute approximate surface area is 116 Å². The molecule has 3 nitrogen and oxygen atoms in total. The molecule has 2 N–H and O–H groups in total.